The molecule has 5 heteroatoms. The number of rotatable bonds is 1. The fourth-order valence-electron chi connectivity index (χ4n) is 0.821. The summed E-state index contributed by atoms with van der Waals surface area (Å²) >= 11 is 5.02. The molecule has 0 N–H and O–H groups in total. The second-order valence-electron chi connectivity index (χ2n) is 2.22. The summed E-state index contributed by atoms with van der Waals surface area (Å²) in [5.41, 5.74) is 0.405. The molecule has 0 aromatic carbocycles. The van der Waals surface area contributed by atoms with E-state index >= 15 is 0 Å². The van der Waals surface area contributed by atoms with Gasteiger partial charge in [-0.15, -0.1) is 0 Å². The van der Waals surface area contributed by atoms with Crippen LogP contribution in [-0.4, -0.2) is 4.98 Å². The van der Waals surface area contributed by atoms with Crippen LogP contribution in [0.25, 0.3) is 0 Å². The van der Waals surface area contributed by atoms with E-state index in [-0.39, 0.29) is 5.56 Å². The van der Waals surface area contributed by atoms with Gasteiger partial charge < -0.3 is 0 Å². The molecule has 1 rings (SSSR count). The van der Waals surface area contributed by atoms with Crippen LogP contribution in [0.15, 0.2) is 10.7 Å². The van der Waals surface area contributed by atoms with Gasteiger partial charge in [0.25, 0.3) is 6.43 Å². The van der Waals surface area contributed by atoms with Gasteiger partial charge >= 0.3 is 0 Å². The van der Waals surface area contributed by atoms with Gasteiger partial charge in [-0.3, -0.25) is 4.98 Å². The average molecular weight is 348 g/mol. The number of hydrogen-bond acceptors (Lipinski definition) is 1. The predicted molar refractivity (Wildman–Crippen MR) is 54.3 cm³/mol. The van der Waals surface area contributed by atoms with E-state index < -0.39 is 6.43 Å². The Kier molecular flexibility index (Phi) is 3.39. The summed E-state index contributed by atoms with van der Waals surface area (Å²) in [4.78, 5) is 3.83. The smallest absolute Gasteiger partial charge is 0.260 e. The van der Waals surface area contributed by atoms with Gasteiger partial charge in [-0.25, -0.2) is 8.78 Å². The van der Waals surface area contributed by atoms with E-state index in [0.717, 1.165) is 0 Å². The van der Waals surface area contributed by atoms with Crippen molar-refractivity contribution in [2.45, 2.75) is 13.3 Å². The predicted octanol–water partition coefficient (Wildman–Crippen LogP) is 3.69. The molecule has 0 amide bonds. The van der Waals surface area contributed by atoms with Crippen molar-refractivity contribution < 1.29 is 8.78 Å². The van der Waals surface area contributed by atoms with Crippen molar-refractivity contribution in [1.29, 1.82) is 0 Å². The molecule has 0 aliphatic rings. The summed E-state index contributed by atoms with van der Waals surface area (Å²) in [5, 5.41) is 0. The van der Waals surface area contributed by atoms with Crippen molar-refractivity contribution in [3.8, 4) is 0 Å². The number of alkyl halides is 2. The van der Waals surface area contributed by atoms with Gasteiger partial charge in [-0.05, 0) is 45.4 Å². The summed E-state index contributed by atoms with van der Waals surface area (Å²) in [6.45, 7) is 1.58. The molecule has 0 radical (unpaired) electrons. The first-order valence-corrected chi connectivity index (χ1v) is 5.00. The molecular weight excluding hydrogens is 343 g/mol. The van der Waals surface area contributed by atoms with Gasteiger partial charge in [0.15, 0.2) is 0 Å². The lowest BCUT2D eigenvalue weighted by Crippen LogP contribution is -1.97. The summed E-state index contributed by atoms with van der Waals surface area (Å²) in [6.07, 6.45) is -0.926. The largest absolute Gasteiger partial charge is 0.266 e. The molecule has 0 atom stereocenters. The van der Waals surface area contributed by atoms with Crippen molar-refractivity contribution in [2.24, 2.45) is 0 Å². The third-order valence-corrected chi connectivity index (χ3v) is 3.93. The van der Waals surface area contributed by atoms with Crippen LogP contribution in [0, 0.1) is 10.5 Å². The Balaban J connectivity index is 3.33. The molecule has 0 saturated heterocycles. The highest BCUT2D eigenvalue weighted by atomic mass is 127. The topological polar surface area (TPSA) is 12.9 Å². The van der Waals surface area contributed by atoms with Gasteiger partial charge in [0, 0.05) is 19.9 Å². The molecule has 1 aromatic heterocycles. The fraction of sp³-hybridized carbons (Fsp3) is 0.286. The Bertz CT molecular complexity index is 304. The third kappa shape index (κ3) is 1.93. The Morgan fingerprint density at radius 1 is 1.58 bits per heavy atom. The van der Waals surface area contributed by atoms with Crippen LogP contribution in [0.1, 0.15) is 17.7 Å². The van der Waals surface area contributed by atoms with E-state index in [1.165, 1.54) is 6.20 Å². The SMILES string of the molecule is Cc1ncc(Br)c(I)c1C(F)F. The van der Waals surface area contributed by atoms with Crippen molar-refractivity contribution in [3.63, 3.8) is 0 Å². The molecule has 0 aliphatic carbocycles. The summed E-state index contributed by atoms with van der Waals surface area (Å²) < 4.78 is 26.0. The monoisotopic (exact) mass is 347 g/mol. The van der Waals surface area contributed by atoms with Gasteiger partial charge in [-0.2, -0.15) is 0 Å². The number of hydrogen-bond donors (Lipinski definition) is 0. The Morgan fingerprint density at radius 2 is 2.17 bits per heavy atom. The number of halogens is 4. The van der Waals surface area contributed by atoms with E-state index in [4.69, 9.17) is 0 Å². The number of aryl methyl sites for hydroxylation is 1. The van der Waals surface area contributed by atoms with Gasteiger partial charge in [0.1, 0.15) is 0 Å². The lowest BCUT2D eigenvalue weighted by molar-refractivity contribution is 0.149. The first-order valence-electron chi connectivity index (χ1n) is 3.12. The Morgan fingerprint density at radius 3 is 2.58 bits per heavy atom. The maximum atomic E-state index is 12.4. The third-order valence-electron chi connectivity index (χ3n) is 1.43. The fourth-order valence-corrected chi connectivity index (χ4v) is 1.90. The summed E-state index contributed by atoms with van der Waals surface area (Å²) in [5.74, 6) is 0. The van der Waals surface area contributed by atoms with Crippen LogP contribution >= 0.6 is 38.5 Å². The molecule has 0 unspecified atom stereocenters. The molecule has 0 aliphatic heterocycles. The molecule has 0 bridgehead atoms. The minimum Gasteiger partial charge on any atom is -0.260 e. The lowest BCUT2D eigenvalue weighted by atomic mass is 10.2. The van der Waals surface area contributed by atoms with Crippen LogP contribution in [0.4, 0.5) is 8.78 Å². The zero-order valence-electron chi connectivity index (χ0n) is 6.11. The minimum absolute atomic E-state index is 0.0185. The van der Waals surface area contributed by atoms with Crippen LogP contribution < -0.4 is 0 Å². The van der Waals surface area contributed by atoms with E-state index in [9.17, 15) is 8.78 Å². The highest BCUT2D eigenvalue weighted by Crippen LogP contribution is 2.30. The number of pyridine rings is 1. The minimum atomic E-state index is -2.46. The first-order chi connectivity index (χ1) is 5.54. The zero-order chi connectivity index (χ0) is 9.30. The zero-order valence-corrected chi connectivity index (χ0v) is 9.86. The molecule has 0 spiro atoms. The van der Waals surface area contributed by atoms with Crippen LogP contribution in [0.3, 0.4) is 0 Å². The van der Waals surface area contributed by atoms with Crippen molar-refractivity contribution in [2.75, 3.05) is 0 Å². The average Bonchev–Trinajstić information content (AvgIpc) is 1.97. The van der Waals surface area contributed by atoms with Crippen molar-refractivity contribution >= 4 is 38.5 Å². The molecule has 1 aromatic rings. The van der Waals surface area contributed by atoms with Crippen molar-refractivity contribution in [1.82, 2.24) is 4.98 Å². The molecule has 0 saturated carbocycles. The van der Waals surface area contributed by atoms with Crippen LogP contribution in [-0.2, 0) is 0 Å². The lowest BCUT2D eigenvalue weighted by Gasteiger charge is -2.07. The number of nitrogens with zero attached hydrogens (tertiary/aromatic N) is 1. The second-order valence-corrected chi connectivity index (χ2v) is 4.15. The van der Waals surface area contributed by atoms with Crippen LogP contribution in [0.5, 0.6) is 0 Å². The van der Waals surface area contributed by atoms with E-state index in [1.807, 2.05) is 22.6 Å². The quantitative estimate of drug-likeness (QED) is 0.706. The van der Waals surface area contributed by atoms with Crippen LogP contribution in [0.2, 0.25) is 0 Å². The maximum Gasteiger partial charge on any atom is 0.266 e. The maximum absolute atomic E-state index is 12.4. The molecule has 1 nitrogen and oxygen atoms in total. The molecule has 66 valence electrons. The van der Waals surface area contributed by atoms with Gasteiger partial charge in [-0.1, -0.05) is 0 Å². The summed E-state index contributed by atoms with van der Waals surface area (Å²) in [6, 6.07) is 0. The van der Waals surface area contributed by atoms with E-state index in [0.29, 0.717) is 13.7 Å². The Hall–Kier alpha value is 0.220. The molecule has 12 heavy (non-hydrogen) atoms. The second kappa shape index (κ2) is 3.95. The van der Waals surface area contributed by atoms with E-state index in [2.05, 4.69) is 20.9 Å². The van der Waals surface area contributed by atoms with Gasteiger partial charge in [0.05, 0.1) is 5.56 Å². The standard InChI is InChI=1S/C7H5BrF2IN/c1-3-5(7(9)10)6(11)4(8)2-12-3/h2,7H,1H3. The van der Waals surface area contributed by atoms with Crippen molar-refractivity contribution in [3.05, 3.63) is 25.5 Å². The highest BCUT2D eigenvalue weighted by Gasteiger charge is 2.17. The Labute approximate surface area is 90.8 Å². The molecule has 0 fully saturated rings. The highest BCUT2D eigenvalue weighted by molar-refractivity contribution is 14.1. The molecule has 1 heterocycles. The van der Waals surface area contributed by atoms with E-state index in [1.54, 1.807) is 6.92 Å². The summed E-state index contributed by atoms with van der Waals surface area (Å²) in [7, 11) is 0. The molecular formula is C7H5BrF2IN. The number of aromatic nitrogens is 1. The first kappa shape index (κ1) is 10.3. The van der Waals surface area contributed by atoms with Gasteiger partial charge in [0.2, 0.25) is 0 Å². The normalized spacial score (nSPS) is 10.8.